The predicted molar refractivity (Wildman–Crippen MR) is 30.0 cm³/mol. The Labute approximate surface area is 63.9 Å². The van der Waals surface area contributed by atoms with E-state index in [2.05, 4.69) is 6.58 Å². The van der Waals surface area contributed by atoms with Crippen LogP contribution in [-0.4, -0.2) is 4.15 Å². The second-order valence-electron chi connectivity index (χ2n) is 1.27. The summed E-state index contributed by atoms with van der Waals surface area (Å²) < 4.78 is 11.7. The second kappa shape index (κ2) is 4.35. The van der Waals surface area contributed by atoms with Crippen molar-refractivity contribution in [3.63, 3.8) is 0 Å². The van der Waals surface area contributed by atoms with E-state index in [0.717, 1.165) is 19.4 Å². The molecule has 0 aromatic rings. The summed E-state index contributed by atoms with van der Waals surface area (Å²) in [6, 6.07) is 1.77. The molecule has 0 N–H and O–H groups in total. The first kappa shape index (κ1) is 8.46. The summed E-state index contributed by atoms with van der Waals surface area (Å²) in [5, 5.41) is 8.12. The second-order valence-corrected chi connectivity index (χ2v) is 2.68. The molecule has 0 rings (SSSR count). The molecule has 0 radical (unpaired) electrons. The summed E-state index contributed by atoms with van der Waals surface area (Å²) in [7, 11) is 0. The summed E-state index contributed by atoms with van der Waals surface area (Å²) in [6.45, 7) is 3.33. The van der Waals surface area contributed by atoms with Crippen LogP contribution in [0.3, 0.4) is 0 Å². The number of hydrogen-bond acceptors (Lipinski definition) is 1. The number of nitrogens with zero attached hydrogens (tertiary/aromatic N) is 1. The third-order valence-electron chi connectivity index (χ3n) is 0.559. The zero-order chi connectivity index (χ0) is 7.28. The first-order valence-corrected chi connectivity index (χ1v) is 3.60. The van der Waals surface area contributed by atoms with Crippen molar-refractivity contribution in [2.24, 2.45) is 0 Å². The molecule has 0 spiro atoms. The molecule has 0 saturated heterocycles. The van der Waals surface area contributed by atoms with Gasteiger partial charge in [0, 0.05) is 0 Å². The first-order chi connectivity index (χ1) is 4.16. The van der Waals surface area contributed by atoms with E-state index in [9.17, 15) is 4.39 Å². The van der Waals surface area contributed by atoms with E-state index < -0.39 is 0 Å². The van der Waals surface area contributed by atoms with E-state index in [1.54, 1.807) is 6.07 Å². The fourth-order valence-corrected chi connectivity index (χ4v) is 0.448. The predicted octanol–water partition coefficient (Wildman–Crippen LogP) is 1.27. The normalized spacial score (nSPS) is 8.89. The Kier molecular flexibility index (Phi) is 4.09. The van der Waals surface area contributed by atoms with Crippen LogP contribution in [0.15, 0.2) is 24.3 Å². The van der Waals surface area contributed by atoms with Crippen LogP contribution in [0.5, 0.6) is 0 Å². The molecule has 0 aromatic carbocycles. The fraction of sp³-hybridized carbons (Fsp3) is 0. The summed E-state index contributed by atoms with van der Waals surface area (Å²) in [4.78, 5) is 0. The van der Waals surface area contributed by atoms with Crippen molar-refractivity contribution in [2.75, 3.05) is 0 Å². The summed E-state index contributed by atoms with van der Waals surface area (Å²) in [5.74, 6) is 0. The van der Waals surface area contributed by atoms with Gasteiger partial charge in [-0.05, 0) is 0 Å². The molecule has 9 heavy (non-hydrogen) atoms. The molecule has 0 atom stereocenters. The Morgan fingerprint density at radius 2 is 2.22 bits per heavy atom. The Bertz CT molecular complexity index is 200. The maximum absolute atomic E-state index is 11.9. The van der Waals surface area contributed by atoms with Gasteiger partial charge < -0.3 is 0 Å². The Hall–Kier alpha value is -0.542. The van der Waals surface area contributed by atoms with E-state index in [1.807, 2.05) is 0 Å². The first-order valence-electron chi connectivity index (χ1n) is 2.13. The van der Waals surface area contributed by atoms with Gasteiger partial charge in [0.15, 0.2) is 0 Å². The van der Waals surface area contributed by atoms with Gasteiger partial charge in [-0.3, -0.25) is 0 Å². The number of rotatable bonds is 2. The van der Waals surface area contributed by atoms with Crippen LogP contribution in [-0.2, 0) is 19.4 Å². The van der Waals surface area contributed by atoms with Gasteiger partial charge in [-0.1, -0.05) is 0 Å². The number of halogens is 1. The molecule has 0 unspecified atom stereocenters. The molecule has 1 nitrogen and oxygen atoms in total. The van der Waals surface area contributed by atoms with Gasteiger partial charge in [0.05, 0.1) is 0 Å². The zero-order valence-electron chi connectivity index (χ0n) is 4.60. The van der Waals surface area contributed by atoms with Crippen molar-refractivity contribution in [1.29, 1.82) is 5.26 Å². The average molecular weight is 293 g/mol. The molecular formula is C6H4FNW. The van der Waals surface area contributed by atoms with Crippen molar-refractivity contribution in [1.82, 2.24) is 0 Å². The Balaban J connectivity index is 3.90. The Morgan fingerprint density at radius 3 is 2.56 bits per heavy atom. The third-order valence-corrected chi connectivity index (χ3v) is 1.05. The molecule has 0 heterocycles. The van der Waals surface area contributed by atoms with E-state index in [4.69, 9.17) is 5.26 Å². The van der Waals surface area contributed by atoms with Crippen molar-refractivity contribution < 1.29 is 23.7 Å². The van der Waals surface area contributed by atoms with Crippen molar-refractivity contribution in [2.45, 2.75) is 0 Å². The monoisotopic (exact) mass is 293 g/mol. The molecule has 46 valence electrons. The van der Waals surface area contributed by atoms with Crippen LogP contribution in [0, 0.1) is 11.3 Å². The summed E-state index contributed by atoms with van der Waals surface area (Å²) >= 11 is 0.756. The van der Waals surface area contributed by atoms with Gasteiger partial charge in [-0.2, -0.15) is 0 Å². The SMILES string of the molecule is C=C(C#N)C=C[C](F)=[W]. The molecule has 0 aliphatic carbocycles. The minimum atomic E-state index is -0.244. The molecule has 0 aliphatic rings. The number of hydrogen-bond donors (Lipinski definition) is 0. The van der Waals surface area contributed by atoms with Gasteiger partial charge in [0.1, 0.15) is 0 Å². The number of allylic oxidation sites excluding steroid dienone is 3. The van der Waals surface area contributed by atoms with E-state index in [1.165, 1.54) is 12.2 Å². The van der Waals surface area contributed by atoms with Gasteiger partial charge in [-0.15, -0.1) is 0 Å². The summed E-state index contributed by atoms with van der Waals surface area (Å²) in [6.07, 6.45) is 2.59. The van der Waals surface area contributed by atoms with Crippen LogP contribution in [0.2, 0.25) is 0 Å². The molecule has 0 bridgehead atoms. The zero-order valence-corrected chi connectivity index (χ0v) is 7.53. The fourth-order valence-electron chi connectivity index (χ4n) is 0.203. The maximum atomic E-state index is 11.9. The van der Waals surface area contributed by atoms with Gasteiger partial charge >= 0.3 is 63.5 Å². The molecule has 0 aromatic heterocycles. The van der Waals surface area contributed by atoms with Crippen molar-refractivity contribution >= 4 is 4.15 Å². The van der Waals surface area contributed by atoms with Crippen LogP contribution >= 0.6 is 0 Å². The van der Waals surface area contributed by atoms with Crippen molar-refractivity contribution in [3.05, 3.63) is 24.3 Å². The molecule has 0 saturated carbocycles. The topological polar surface area (TPSA) is 23.8 Å². The minimum absolute atomic E-state index is 0.244. The molecule has 0 fully saturated rings. The average Bonchev–Trinajstić information content (AvgIpc) is 1.83. The third kappa shape index (κ3) is 5.33. The Morgan fingerprint density at radius 1 is 1.67 bits per heavy atom. The van der Waals surface area contributed by atoms with Gasteiger partial charge in [0.25, 0.3) is 0 Å². The van der Waals surface area contributed by atoms with Crippen LogP contribution < -0.4 is 0 Å². The standard InChI is InChI=1S/C6H4FN.W/c1-6(5-8)3-2-4-7;/h2-3H,1H2;. The van der Waals surface area contributed by atoms with E-state index in [0.29, 0.717) is 0 Å². The summed E-state index contributed by atoms with van der Waals surface area (Å²) in [5.41, 5.74) is 0.270. The van der Waals surface area contributed by atoms with Crippen LogP contribution in [0.1, 0.15) is 0 Å². The quantitative estimate of drug-likeness (QED) is 0.555. The molecule has 3 heteroatoms. The number of nitriles is 1. The van der Waals surface area contributed by atoms with Crippen molar-refractivity contribution in [3.8, 4) is 6.07 Å². The van der Waals surface area contributed by atoms with Gasteiger partial charge in [-0.25, -0.2) is 0 Å². The molecule has 0 amide bonds. The van der Waals surface area contributed by atoms with E-state index in [-0.39, 0.29) is 9.72 Å². The molecule has 0 aliphatic heterocycles. The van der Waals surface area contributed by atoms with Crippen LogP contribution in [0.4, 0.5) is 4.39 Å². The molecular weight excluding hydrogens is 289 g/mol. The van der Waals surface area contributed by atoms with Crippen LogP contribution in [0.25, 0.3) is 0 Å². The van der Waals surface area contributed by atoms with E-state index >= 15 is 0 Å². The van der Waals surface area contributed by atoms with Gasteiger partial charge in [0.2, 0.25) is 0 Å².